The first-order chi connectivity index (χ1) is 16.1. The number of benzene rings is 3. The van der Waals surface area contributed by atoms with Gasteiger partial charge in [-0.25, -0.2) is 0 Å². The van der Waals surface area contributed by atoms with Gasteiger partial charge in [0.1, 0.15) is 0 Å². The molecule has 5 nitrogen and oxygen atoms in total. The van der Waals surface area contributed by atoms with Gasteiger partial charge in [-0.1, -0.05) is 56.3 Å². The van der Waals surface area contributed by atoms with Gasteiger partial charge in [-0.15, -0.1) is 0 Å². The minimum atomic E-state index is -0.131. The van der Waals surface area contributed by atoms with E-state index in [9.17, 15) is 4.79 Å². The van der Waals surface area contributed by atoms with E-state index in [0.717, 1.165) is 60.7 Å². The van der Waals surface area contributed by atoms with Crippen LogP contribution in [0.3, 0.4) is 0 Å². The molecule has 0 aliphatic carbocycles. The van der Waals surface area contributed by atoms with E-state index < -0.39 is 0 Å². The van der Waals surface area contributed by atoms with Crippen molar-refractivity contribution >= 4 is 34.2 Å². The summed E-state index contributed by atoms with van der Waals surface area (Å²) in [6.45, 7) is 7.60. The number of nitrogens with one attached hydrogen (secondary N) is 2. The first-order valence-corrected chi connectivity index (χ1v) is 11.7. The van der Waals surface area contributed by atoms with Crippen molar-refractivity contribution in [3.8, 4) is 0 Å². The van der Waals surface area contributed by atoms with Crippen LogP contribution >= 0.6 is 0 Å². The van der Waals surface area contributed by atoms with Gasteiger partial charge in [-0.2, -0.15) is 0 Å². The standard InChI is InChI=1S/C28H32N4O/c1-3-16-32(17-4-2)19-20-10-13-23(14-11-20)30-27(21-8-6-5-7-9-21)26-24-18-22(29)12-15-25(24)31-28(26)33/h5-15,18,30H,3-4,16-17,19,29H2,1-2H3,(H,31,33)/b27-26-. The molecule has 4 rings (SSSR count). The Bertz CT molecular complexity index is 1130. The van der Waals surface area contributed by atoms with E-state index in [4.69, 9.17) is 5.73 Å². The number of carbonyl (C=O) groups excluding carboxylic acids is 1. The summed E-state index contributed by atoms with van der Waals surface area (Å²) in [6.07, 6.45) is 2.31. The number of nitrogen functional groups attached to an aromatic ring is 1. The molecule has 0 bridgehead atoms. The molecule has 3 aromatic carbocycles. The van der Waals surface area contributed by atoms with Crippen molar-refractivity contribution < 1.29 is 4.79 Å². The van der Waals surface area contributed by atoms with Crippen molar-refractivity contribution in [2.45, 2.75) is 33.2 Å². The van der Waals surface area contributed by atoms with Gasteiger partial charge in [-0.3, -0.25) is 9.69 Å². The summed E-state index contributed by atoms with van der Waals surface area (Å²) in [4.78, 5) is 15.5. The third-order valence-electron chi connectivity index (χ3n) is 5.81. The molecule has 0 spiro atoms. The fourth-order valence-electron chi connectivity index (χ4n) is 4.32. The second kappa shape index (κ2) is 10.4. The molecule has 1 heterocycles. The third kappa shape index (κ3) is 5.26. The Labute approximate surface area is 196 Å². The fraction of sp³-hybridized carbons (Fsp3) is 0.250. The van der Waals surface area contributed by atoms with Gasteiger partial charge in [0.15, 0.2) is 0 Å². The van der Waals surface area contributed by atoms with E-state index in [0.29, 0.717) is 11.3 Å². The number of hydrogen-bond donors (Lipinski definition) is 3. The first kappa shape index (κ1) is 22.6. The van der Waals surface area contributed by atoms with Crippen LogP contribution in [0.15, 0.2) is 72.8 Å². The van der Waals surface area contributed by atoms with Gasteiger partial charge in [-0.05, 0) is 67.4 Å². The van der Waals surface area contributed by atoms with E-state index in [1.54, 1.807) is 6.07 Å². The molecule has 0 atom stereocenters. The maximum Gasteiger partial charge on any atom is 0.258 e. The maximum atomic E-state index is 13.0. The van der Waals surface area contributed by atoms with Crippen LogP contribution in [0.4, 0.5) is 17.1 Å². The molecule has 170 valence electrons. The van der Waals surface area contributed by atoms with Crippen molar-refractivity contribution in [1.29, 1.82) is 0 Å². The van der Waals surface area contributed by atoms with Gasteiger partial charge in [0.05, 0.1) is 11.3 Å². The molecular formula is C28H32N4O. The number of hydrogen-bond acceptors (Lipinski definition) is 4. The lowest BCUT2D eigenvalue weighted by atomic mass is 9.99. The molecule has 0 unspecified atom stereocenters. The van der Waals surface area contributed by atoms with Gasteiger partial charge < -0.3 is 16.4 Å². The van der Waals surface area contributed by atoms with E-state index >= 15 is 0 Å². The molecule has 1 amide bonds. The molecular weight excluding hydrogens is 408 g/mol. The summed E-state index contributed by atoms with van der Waals surface area (Å²) in [7, 11) is 0. The van der Waals surface area contributed by atoms with E-state index in [-0.39, 0.29) is 5.91 Å². The average molecular weight is 441 g/mol. The number of nitrogens with two attached hydrogens (primary N) is 1. The van der Waals surface area contributed by atoms with Gasteiger partial charge >= 0.3 is 0 Å². The van der Waals surface area contributed by atoms with Gasteiger partial charge in [0, 0.05) is 29.2 Å². The second-order valence-corrected chi connectivity index (χ2v) is 8.47. The predicted molar refractivity (Wildman–Crippen MR) is 139 cm³/mol. The van der Waals surface area contributed by atoms with Crippen LogP contribution in [0.1, 0.15) is 43.4 Å². The van der Waals surface area contributed by atoms with Gasteiger partial charge in [0.2, 0.25) is 0 Å². The highest BCUT2D eigenvalue weighted by Crippen LogP contribution is 2.38. The molecule has 0 fully saturated rings. The Morgan fingerprint density at radius 3 is 2.30 bits per heavy atom. The topological polar surface area (TPSA) is 70.4 Å². The SMILES string of the molecule is CCCN(CCC)Cc1ccc(N/C(=C2\C(=O)Nc3ccc(N)cc32)c2ccccc2)cc1. The molecule has 0 saturated heterocycles. The van der Waals surface area contributed by atoms with Gasteiger partial charge in [0.25, 0.3) is 5.91 Å². The minimum Gasteiger partial charge on any atom is -0.399 e. The molecule has 5 heteroatoms. The number of carbonyl (C=O) groups is 1. The monoisotopic (exact) mass is 440 g/mol. The lowest BCUT2D eigenvalue weighted by Gasteiger charge is -2.21. The Balaban J connectivity index is 1.67. The summed E-state index contributed by atoms with van der Waals surface area (Å²) in [5.41, 5.74) is 12.8. The summed E-state index contributed by atoms with van der Waals surface area (Å²) < 4.78 is 0. The highest BCUT2D eigenvalue weighted by atomic mass is 16.2. The highest BCUT2D eigenvalue weighted by Gasteiger charge is 2.28. The number of anilines is 3. The van der Waals surface area contributed by atoms with Crippen LogP contribution in [0.2, 0.25) is 0 Å². The molecule has 1 aliphatic rings. The number of fused-ring (bicyclic) bond motifs is 1. The molecule has 0 saturated carbocycles. The fourth-order valence-corrected chi connectivity index (χ4v) is 4.32. The van der Waals surface area contributed by atoms with Crippen LogP contribution in [0.5, 0.6) is 0 Å². The second-order valence-electron chi connectivity index (χ2n) is 8.47. The Hall–Kier alpha value is -3.57. The number of rotatable bonds is 9. The van der Waals surface area contributed by atoms with E-state index in [1.807, 2.05) is 42.5 Å². The lowest BCUT2D eigenvalue weighted by Crippen LogP contribution is -2.24. The Morgan fingerprint density at radius 2 is 1.64 bits per heavy atom. The van der Waals surface area contributed by atoms with Crippen LogP contribution in [-0.4, -0.2) is 23.9 Å². The van der Waals surface area contributed by atoms with Crippen molar-refractivity contribution in [3.63, 3.8) is 0 Å². The molecule has 33 heavy (non-hydrogen) atoms. The lowest BCUT2D eigenvalue weighted by molar-refractivity contribution is -0.110. The molecule has 3 aromatic rings. The molecule has 0 aromatic heterocycles. The number of amides is 1. The van der Waals surface area contributed by atoms with Crippen molar-refractivity contribution in [2.75, 3.05) is 29.5 Å². The summed E-state index contributed by atoms with van der Waals surface area (Å²) in [5.74, 6) is -0.131. The van der Waals surface area contributed by atoms with Crippen molar-refractivity contribution in [2.24, 2.45) is 0 Å². The summed E-state index contributed by atoms with van der Waals surface area (Å²) >= 11 is 0. The zero-order valence-electron chi connectivity index (χ0n) is 19.4. The largest absolute Gasteiger partial charge is 0.399 e. The molecule has 4 N–H and O–H groups in total. The first-order valence-electron chi connectivity index (χ1n) is 11.7. The summed E-state index contributed by atoms with van der Waals surface area (Å²) in [5, 5.41) is 6.49. The Kier molecular flexibility index (Phi) is 7.10. The Morgan fingerprint density at radius 1 is 0.939 bits per heavy atom. The van der Waals surface area contributed by atoms with Crippen LogP contribution in [-0.2, 0) is 11.3 Å². The zero-order valence-corrected chi connectivity index (χ0v) is 19.4. The summed E-state index contributed by atoms with van der Waals surface area (Å²) in [6, 6.07) is 23.9. The zero-order chi connectivity index (χ0) is 23.2. The quantitative estimate of drug-likeness (QED) is 0.289. The van der Waals surface area contributed by atoms with E-state index in [2.05, 4.69) is 53.6 Å². The van der Waals surface area contributed by atoms with Crippen molar-refractivity contribution in [3.05, 3.63) is 89.5 Å². The normalized spacial score (nSPS) is 14.2. The minimum absolute atomic E-state index is 0.131. The average Bonchev–Trinajstić information content (AvgIpc) is 3.14. The van der Waals surface area contributed by atoms with Crippen LogP contribution in [0.25, 0.3) is 11.3 Å². The molecule has 0 radical (unpaired) electrons. The third-order valence-corrected chi connectivity index (χ3v) is 5.81. The van der Waals surface area contributed by atoms with Crippen LogP contribution in [0, 0.1) is 0 Å². The number of nitrogens with zero attached hydrogens (tertiary/aromatic N) is 1. The maximum absolute atomic E-state index is 13.0. The van der Waals surface area contributed by atoms with Crippen molar-refractivity contribution in [1.82, 2.24) is 4.90 Å². The smallest absolute Gasteiger partial charge is 0.258 e. The van der Waals surface area contributed by atoms with E-state index in [1.165, 1.54) is 5.56 Å². The van der Waals surface area contributed by atoms with Crippen LogP contribution < -0.4 is 16.4 Å². The molecule has 1 aliphatic heterocycles. The predicted octanol–water partition coefficient (Wildman–Crippen LogP) is 5.82. The highest BCUT2D eigenvalue weighted by molar-refractivity contribution is 6.37.